The molecule has 110 valence electrons. The maximum Gasteiger partial charge on any atom is 0.232 e. The molecule has 1 aliphatic heterocycles. The molecule has 0 saturated carbocycles. The van der Waals surface area contributed by atoms with Gasteiger partial charge in [-0.2, -0.15) is 0 Å². The van der Waals surface area contributed by atoms with Crippen LogP contribution in [0.3, 0.4) is 0 Å². The van der Waals surface area contributed by atoms with Crippen molar-refractivity contribution in [1.29, 1.82) is 0 Å². The van der Waals surface area contributed by atoms with Gasteiger partial charge >= 0.3 is 0 Å². The molecule has 0 aromatic carbocycles. The second-order valence-corrected chi connectivity index (χ2v) is 5.96. The maximum absolute atomic E-state index is 12.4. The van der Waals surface area contributed by atoms with Gasteiger partial charge in [-0.1, -0.05) is 0 Å². The number of carbonyl (C=O) groups excluding carboxylic acids is 1. The first kappa shape index (κ1) is 15.0. The van der Waals surface area contributed by atoms with E-state index in [2.05, 4.69) is 9.97 Å². The van der Waals surface area contributed by atoms with Gasteiger partial charge < -0.3 is 9.64 Å². The fraction of sp³-hybridized carbons (Fsp3) is 0.643. The number of carbonyl (C=O) groups is 1. The molecule has 0 bridgehead atoms. The molecule has 1 atom stereocenters. The zero-order chi connectivity index (χ0) is 14.6. The summed E-state index contributed by atoms with van der Waals surface area (Å²) < 4.78 is 5.78. The van der Waals surface area contributed by atoms with Crippen molar-refractivity contribution < 1.29 is 9.53 Å². The molecular formula is C14H20ClN3O2. The van der Waals surface area contributed by atoms with Gasteiger partial charge in [-0.25, -0.2) is 4.98 Å². The molecule has 0 aliphatic carbocycles. The van der Waals surface area contributed by atoms with E-state index in [4.69, 9.17) is 16.3 Å². The van der Waals surface area contributed by atoms with E-state index in [1.165, 1.54) is 0 Å². The molecule has 1 aliphatic rings. The maximum atomic E-state index is 12.4. The molecule has 2 heterocycles. The van der Waals surface area contributed by atoms with Gasteiger partial charge in [0.15, 0.2) is 0 Å². The number of hydrogen-bond donors (Lipinski definition) is 0. The number of alkyl halides is 1. The monoisotopic (exact) mass is 297 g/mol. The van der Waals surface area contributed by atoms with E-state index >= 15 is 0 Å². The highest BCUT2D eigenvalue weighted by Crippen LogP contribution is 2.24. The normalized spacial score (nSPS) is 19.8. The van der Waals surface area contributed by atoms with Crippen molar-refractivity contribution in [2.75, 3.05) is 19.0 Å². The van der Waals surface area contributed by atoms with Crippen LogP contribution in [-0.4, -0.2) is 45.8 Å². The molecule has 2 rings (SSSR count). The zero-order valence-corrected chi connectivity index (χ0v) is 12.6. The highest BCUT2D eigenvalue weighted by atomic mass is 35.5. The minimum Gasteiger partial charge on any atom is -0.471 e. The molecule has 1 saturated heterocycles. The van der Waals surface area contributed by atoms with Crippen LogP contribution < -0.4 is 4.74 Å². The average molecular weight is 298 g/mol. The second-order valence-electron chi connectivity index (χ2n) is 5.69. The number of rotatable bonds is 4. The average Bonchev–Trinajstić information content (AvgIpc) is 2.48. The summed E-state index contributed by atoms with van der Waals surface area (Å²) in [7, 11) is 0. The van der Waals surface area contributed by atoms with E-state index in [1.54, 1.807) is 18.6 Å². The fourth-order valence-electron chi connectivity index (χ4n) is 2.22. The Morgan fingerprint density at radius 1 is 1.55 bits per heavy atom. The molecule has 1 aromatic rings. The van der Waals surface area contributed by atoms with Crippen molar-refractivity contribution in [3.05, 3.63) is 18.6 Å². The number of piperidine rings is 1. The fourth-order valence-corrected chi connectivity index (χ4v) is 2.34. The Morgan fingerprint density at radius 3 is 3.00 bits per heavy atom. The highest BCUT2D eigenvalue weighted by Gasteiger charge is 2.34. The van der Waals surface area contributed by atoms with E-state index < -0.39 is 5.41 Å². The van der Waals surface area contributed by atoms with Crippen LogP contribution in [0.15, 0.2) is 18.6 Å². The molecule has 1 aromatic heterocycles. The van der Waals surface area contributed by atoms with Crippen LogP contribution in [0.25, 0.3) is 0 Å². The predicted octanol–water partition coefficient (Wildman–Crippen LogP) is 2.11. The van der Waals surface area contributed by atoms with Crippen molar-refractivity contribution in [3.8, 4) is 5.88 Å². The van der Waals surface area contributed by atoms with Gasteiger partial charge in [-0.05, 0) is 26.7 Å². The lowest BCUT2D eigenvalue weighted by Gasteiger charge is -2.36. The third kappa shape index (κ3) is 3.60. The summed E-state index contributed by atoms with van der Waals surface area (Å²) in [5, 5.41) is 0. The van der Waals surface area contributed by atoms with Crippen LogP contribution in [0.1, 0.15) is 26.7 Å². The Kier molecular flexibility index (Phi) is 4.81. The number of amides is 1. The van der Waals surface area contributed by atoms with E-state index in [-0.39, 0.29) is 12.0 Å². The first-order valence-corrected chi connectivity index (χ1v) is 7.34. The van der Waals surface area contributed by atoms with E-state index in [1.807, 2.05) is 18.7 Å². The second kappa shape index (κ2) is 6.39. The molecule has 1 fully saturated rings. The van der Waals surface area contributed by atoms with Crippen molar-refractivity contribution in [1.82, 2.24) is 14.9 Å². The van der Waals surface area contributed by atoms with Gasteiger partial charge in [0, 0.05) is 24.8 Å². The van der Waals surface area contributed by atoms with Gasteiger partial charge in [0.2, 0.25) is 11.8 Å². The molecule has 0 N–H and O–H groups in total. The number of hydrogen-bond acceptors (Lipinski definition) is 4. The van der Waals surface area contributed by atoms with Gasteiger partial charge in [0.25, 0.3) is 0 Å². The van der Waals surface area contributed by atoms with Crippen molar-refractivity contribution in [3.63, 3.8) is 0 Å². The number of halogens is 1. The third-order valence-corrected chi connectivity index (χ3v) is 4.07. The zero-order valence-electron chi connectivity index (χ0n) is 11.9. The van der Waals surface area contributed by atoms with E-state index in [0.29, 0.717) is 18.3 Å². The van der Waals surface area contributed by atoms with Crippen molar-refractivity contribution in [2.45, 2.75) is 32.8 Å². The number of likely N-dealkylation sites (tertiary alicyclic amines) is 1. The third-order valence-electron chi connectivity index (χ3n) is 3.41. The Bertz CT molecular complexity index is 453. The lowest BCUT2D eigenvalue weighted by Crippen LogP contribution is -2.49. The first-order chi connectivity index (χ1) is 9.53. The van der Waals surface area contributed by atoms with Crippen LogP contribution in [-0.2, 0) is 4.79 Å². The van der Waals surface area contributed by atoms with Crippen molar-refractivity contribution >= 4 is 17.5 Å². The van der Waals surface area contributed by atoms with Gasteiger partial charge in [-0.3, -0.25) is 9.78 Å². The lowest BCUT2D eigenvalue weighted by molar-refractivity contribution is -0.142. The summed E-state index contributed by atoms with van der Waals surface area (Å²) in [4.78, 5) is 22.3. The van der Waals surface area contributed by atoms with Crippen LogP contribution in [0.2, 0.25) is 0 Å². The number of ether oxygens (including phenoxy) is 1. The largest absolute Gasteiger partial charge is 0.471 e. The van der Waals surface area contributed by atoms with Gasteiger partial charge in [-0.15, -0.1) is 11.6 Å². The lowest BCUT2D eigenvalue weighted by atomic mass is 9.93. The standard InChI is InChI=1S/C14H20ClN3O2/c1-14(2,10-15)13(19)18-7-3-4-11(9-18)20-12-8-16-5-6-17-12/h5-6,8,11H,3-4,7,9-10H2,1-2H3. The molecule has 20 heavy (non-hydrogen) atoms. The Balaban J connectivity index is 1.97. The quantitative estimate of drug-likeness (QED) is 0.799. The summed E-state index contributed by atoms with van der Waals surface area (Å²) in [6.07, 6.45) is 6.60. The van der Waals surface area contributed by atoms with Crippen LogP contribution in [0, 0.1) is 5.41 Å². The molecule has 1 unspecified atom stereocenters. The first-order valence-electron chi connectivity index (χ1n) is 6.81. The molecule has 5 nitrogen and oxygen atoms in total. The summed E-state index contributed by atoms with van der Waals surface area (Å²) in [6, 6.07) is 0. The number of nitrogens with zero attached hydrogens (tertiary/aromatic N) is 3. The predicted molar refractivity (Wildman–Crippen MR) is 76.8 cm³/mol. The van der Waals surface area contributed by atoms with Crippen LogP contribution >= 0.6 is 11.6 Å². The summed E-state index contributed by atoms with van der Waals surface area (Å²) >= 11 is 5.88. The molecule has 6 heteroatoms. The van der Waals surface area contributed by atoms with Crippen LogP contribution in [0.5, 0.6) is 5.88 Å². The Hall–Kier alpha value is -1.36. The number of aromatic nitrogens is 2. The minimum atomic E-state index is -0.532. The smallest absolute Gasteiger partial charge is 0.232 e. The topological polar surface area (TPSA) is 55.3 Å². The van der Waals surface area contributed by atoms with Crippen LogP contribution in [0.4, 0.5) is 0 Å². The van der Waals surface area contributed by atoms with Crippen molar-refractivity contribution in [2.24, 2.45) is 5.41 Å². The Labute approximate surface area is 124 Å². The molecule has 1 amide bonds. The van der Waals surface area contributed by atoms with E-state index in [9.17, 15) is 4.79 Å². The Morgan fingerprint density at radius 2 is 2.35 bits per heavy atom. The summed E-state index contributed by atoms with van der Waals surface area (Å²) in [5.41, 5.74) is -0.532. The summed E-state index contributed by atoms with van der Waals surface area (Å²) in [5.74, 6) is 0.904. The highest BCUT2D eigenvalue weighted by molar-refractivity contribution is 6.19. The summed E-state index contributed by atoms with van der Waals surface area (Å²) in [6.45, 7) is 5.08. The van der Waals surface area contributed by atoms with E-state index in [0.717, 1.165) is 19.4 Å². The van der Waals surface area contributed by atoms with Gasteiger partial charge in [0.1, 0.15) is 6.10 Å². The SMILES string of the molecule is CC(C)(CCl)C(=O)N1CCCC(Oc2cnccn2)C1. The van der Waals surface area contributed by atoms with Gasteiger partial charge in [0.05, 0.1) is 18.2 Å². The molecule has 0 radical (unpaired) electrons. The molecule has 0 spiro atoms. The minimum absolute atomic E-state index is 0.0319. The molecular weight excluding hydrogens is 278 g/mol.